The highest BCUT2D eigenvalue weighted by atomic mass is 16.2. The van der Waals surface area contributed by atoms with Crippen LogP contribution in [0.2, 0.25) is 0 Å². The van der Waals surface area contributed by atoms with Crippen molar-refractivity contribution in [1.29, 1.82) is 0 Å². The molecule has 0 bridgehead atoms. The lowest BCUT2D eigenvalue weighted by Crippen LogP contribution is -2.46. The van der Waals surface area contributed by atoms with E-state index in [9.17, 15) is 9.59 Å². The van der Waals surface area contributed by atoms with Crippen molar-refractivity contribution in [2.24, 2.45) is 0 Å². The number of fused-ring (bicyclic) bond motifs is 3. The van der Waals surface area contributed by atoms with Gasteiger partial charge in [-0.3, -0.25) is 14.2 Å². The number of piperazine rings is 1. The van der Waals surface area contributed by atoms with Crippen molar-refractivity contribution in [2.75, 3.05) is 45.8 Å². The van der Waals surface area contributed by atoms with Crippen LogP contribution in [0.5, 0.6) is 0 Å². The van der Waals surface area contributed by atoms with E-state index < -0.39 is 0 Å². The predicted molar refractivity (Wildman–Crippen MR) is 113 cm³/mol. The standard InChI is InChI=1S/C21H28N6O2/c1-2-24-12-14-25(15-13-24)10-5-9-22-19(28)16-27-20-17(6-3-8-23-20)26-11-4-7-18(26)21(27)29/h3-4,6-8,11H,2,5,9-10,12-16H2,1H3,(H,22,28). The van der Waals surface area contributed by atoms with Crippen LogP contribution in [-0.2, 0) is 11.3 Å². The van der Waals surface area contributed by atoms with Gasteiger partial charge in [0.1, 0.15) is 12.1 Å². The molecule has 1 amide bonds. The van der Waals surface area contributed by atoms with Crippen molar-refractivity contribution in [3.63, 3.8) is 0 Å². The summed E-state index contributed by atoms with van der Waals surface area (Å²) in [7, 11) is 0. The molecule has 4 heterocycles. The maximum Gasteiger partial charge on any atom is 0.276 e. The van der Waals surface area contributed by atoms with E-state index in [2.05, 4.69) is 27.0 Å². The molecule has 4 rings (SSSR count). The highest BCUT2D eigenvalue weighted by Crippen LogP contribution is 2.12. The molecule has 3 aromatic heterocycles. The van der Waals surface area contributed by atoms with Crippen LogP contribution in [-0.4, -0.2) is 75.5 Å². The molecule has 0 unspecified atom stereocenters. The predicted octanol–water partition coefficient (Wildman–Crippen LogP) is 0.793. The third-order valence-electron chi connectivity index (χ3n) is 5.68. The van der Waals surface area contributed by atoms with Crippen LogP contribution in [0.4, 0.5) is 0 Å². The Bertz CT molecular complexity index is 1050. The number of hydrogen-bond acceptors (Lipinski definition) is 5. The van der Waals surface area contributed by atoms with Crippen LogP contribution in [0, 0.1) is 0 Å². The fraction of sp³-hybridized carbons (Fsp3) is 0.476. The van der Waals surface area contributed by atoms with Gasteiger partial charge in [-0.25, -0.2) is 4.98 Å². The van der Waals surface area contributed by atoms with E-state index in [1.165, 1.54) is 4.57 Å². The van der Waals surface area contributed by atoms with Crippen molar-refractivity contribution >= 4 is 22.6 Å². The Labute approximate surface area is 169 Å². The van der Waals surface area contributed by atoms with Crippen molar-refractivity contribution in [3.05, 3.63) is 47.0 Å². The Morgan fingerprint density at radius 2 is 1.86 bits per heavy atom. The maximum atomic E-state index is 12.8. The van der Waals surface area contributed by atoms with Gasteiger partial charge in [-0.2, -0.15) is 0 Å². The number of pyridine rings is 1. The first kappa shape index (κ1) is 19.6. The third kappa shape index (κ3) is 4.18. The van der Waals surface area contributed by atoms with Gasteiger partial charge in [-0.1, -0.05) is 6.92 Å². The molecule has 1 aliphatic rings. The summed E-state index contributed by atoms with van der Waals surface area (Å²) in [5.74, 6) is -0.161. The smallest absolute Gasteiger partial charge is 0.276 e. The van der Waals surface area contributed by atoms with E-state index in [1.807, 2.05) is 28.8 Å². The molecule has 1 saturated heterocycles. The van der Waals surface area contributed by atoms with Crippen molar-refractivity contribution in [2.45, 2.75) is 19.9 Å². The first-order valence-corrected chi connectivity index (χ1v) is 10.3. The lowest BCUT2D eigenvalue weighted by molar-refractivity contribution is -0.121. The van der Waals surface area contributed by atoms with Gasteiger partial charge in [0.05, 0.1) is 5.52 Å². The Morgan fingerprint density at radius 3 is 2.66 bits per heavy atom. The van der Waals surface area contributed by atoms with E-state index in [0.29, 0.717) is 17.7 Å². The quantitative estimate of drug-likeness (QED) is 0.598. The number of nitrogens with zero attached hydrogens (tertiary/aromatic N) is 5. The number of carbonyl (C=O) groups excluding carboxylic acids is 1. The summed E-state index contributed by atoms with van der Waals surface area (Å²) >= 11 is 0. The number of amides is 1. The van der Waals surface area contributed by atoms with Gasteiger partial charge < -0.3 is 19.5 Å². The second kappa shape index (κ2) is 8.75. The van der Waals surface area contributed by atoms with Gasteiger partial charge in [0.25, 0.3) is 5.56 Å². The number of likely N-dealkylation sites (N-methyl/N-ethyl adjacent to an activating group) is 1. The average molecular weight is 396 g/mol. The molecular formula is C21H28N6O2. The second-order valence-corrected chi connectivity index (χ2v) is 7.48. The van der Waals surface area contributed by atoms with Crippen LogP contribution in [0.15, 0.2) is 41.5 Å². The SMILES string of the molecule is CCN1CCN(CCCNC(=O)Cn2c(=O)c3cccn3c3cccnc32)CC1. The molecule has 1 N–H and O–H groups in total. The maximum absolute atomic E-state index is 12.8. The lowest BCUT2D eigenvalue weighted by Gasteiger charge is -2.33. The van der Waals surface area contributed by atoms with Gasteiger partial charge in [0.15, 0.2) is 5.65 Å². The lowest BCUT2D eigenvalue weighted by atomic mass is 10.3. The molecule has 0 saturated carbocycles. The number of carbonyl (C=O) groups is 1. The van der Waals surface area contributed by atoms with Gasteiger partial charge in [0.2, 0.25) is 5.91 Å². The van der Waals surface area contributed by atoms with Gasteiger partial charge in [-0.05, 0) is 43.8 Å². The van der Waals surface area contributed by atoms with Crippen molar-refractivity contribution in [3.8, 4) is 0 Å². The zero-order valence-corrected chi connectivity index (χ0v) is 16.9. The summed E-state index contributed by atoms with van der Waals surface area (Å²) in [5.41, 5.74) is 1.67. The van der Waals surface area contributed by atoms with E-state index in [1.54, 1.807) is 12.3 Å². The molecule has 3 aromatic rings. The van der Waals surface area contributed by atoms with E-state index in [0.717, 1.165) is 51.2 Å². The van der Waals surface area contributed by atoms with Crippen LogP contribution >= 0.6 is 0 Å². The summed E-state index contributed by atoms with van der Waals surface area (Å²) < 4.78 is 3.28. The number of aromatic nitrogens is 3. The van der Waals surface area contributed by atoms with Crippen molar-refractivity contribution < 1.29 is 4.79 Å². The van der Waals surface area contributed by atoms with Crippen LogP contribution < -0.4 is 10.9 Å². The van der Waals surface area contributed by atoms with Gasteiger partial charge >= 0.3 is 0 Å². The molecule has 0 aromatic carbocycles. The molecule has 154 valence electrons. The highest BCUT2D eigenvalue weighted by Gasteiger charge is 2.16. The van der Waals surface area contributed by atoms with E-state index in [-0.39, 0.29) is 18.0 Å². The highest BCUT2D eigenvalue weighted by molar-refractivity contribution is 5.80. The average Bonchev–Trinajstić information content (AvgIpc) is 3.25. The molecular weight excluding hydrogens is 368 g/mol. The third-order valence-corrected chi connectivity index (χ3v) is 5.68. The normalized spacial score (nSPS) is 15.9. The monoisotopic (exact) mass is 396 g/mol. The zero-order valence-electron chi connectivity index (χ0n) is 16.9. The fourth-order valence-electron chi connectivity index (χ4n) is 3.99. The molecule has 1 fully saturated rings. The van der Waals surface area contributed by atoms with E-state index >= 15 is 0 Å². The summed E-state index contributed by atoms with van der Waals surface area (Å²) in [6.07, 6.45) is 4.39. The van der Waals surface area contributed by atoms with E-state index in [4.69, 9.17) is 0 Å². The molecule has 0 spiro atoms. The Hall–Kier alpha value is -2.71. The van der Waals surface area contributed by atoms with Gasteiger partial charge in [0, 0.05) is 45.1 Å². The number of hydrogen-bond donors (Lipinski definition) is 1. The Morgan fingerprint density at radius 1 is 1.10 bits per heavy atom. The van der Waals surface area contributed by atoms with Crippen LogP contribution in [0.1, 0.15) is 13.3 Å². The topological polar surface area (TPSA) is 74.9 Å². The minimum absolute atomic E-state index is 0.0246. The molecule has 0 atom stereocenters. The van der Waals surface area contributed by atoms with Crippen molar-refractivity contribution in [1.82, 2.24) is 29.1 Å². The zero-order chi connectivity index (χ0) is 20.2. The van der Waals surface area contributed by atoms with Crippen LogP contribution in [0.3, 0.4) is 0 Å². The number of rotatable bonds is 7. The molecule has 8 nitrogen and oxygen atoms in total. The van der Waals surface area contributed by atoms with Crippen LogP contribution in [0.25, 0.3) is 16.7 Å². The Kier molecular flexibility index (Phi) is 5.92. The first-order chi connectivity index (χ1) is 14.2. The molecule has 0 aliphatic carbocycles. The molecule has 0 radical (unpaired) electrons. The molecule has 1 aliphatic heterocycles. The van der Waals surface area contributed by atoms with Gasteiger partial charge in [-0.15, -0.1) is 0 Å². The number of nitrogens with one attached hydrogen (secondary N) is 1. The largest absolute Gasteiger partial charge is 0.354 e. The summed E-state index contributed by atoms with van der Waals surface area (Å²) in [5, 5.41) is 2.95. The summed E-state index contributed by atoms with van der Waals surface area (Å²) in [6, 6.07) is 7.33. The minimum atomic E-state index is -0.204. The molecule has 8 heteroatoms. The Balaban J connectivity index is 1.36. The first-order valence-electron chi connectivity index (χ1n) is 10.3. The second-order valence-electron chi connectivity index (χ2n) is 7.48. The molecule has 29 heavy (non-hydrogen) atoms. The summed E-state index contributed by atoms with van der Waals surface area (Å²) in [6.45, 7) is 9.30. The summed E-state index contributed by atoms with van der Waals surface area (Å²) in [4.78, 5) is 34.6. The fourth-order valence-corrected chi connectivity index (χ4v) is 3.99. The minimum Gasteiger partial charge on any atom is -0.354 e.